The van der Waals surface area contributed by atoms with Crippen LogP contribution in [0.1, 0.15) is 193 Å². The van der Waals surface area contributed by atoms with Crippen LogP contribution in [0, 0.1) is 11.8 Å². The van der Waals surface area contributed by atoms with E-state index in [0.29, 0.717) is 11.8 Å². The molecule has 46 heavy (non-hydrogen) atoms. The monoisotopic (exact) mass is 639 g/mol. The Kier molecular flexibility index (Phi) is 28.2. The van der Waals surface area contributed by atoms with E-state index in [2.05, 4.69) is 65.1 Å². The molecule has 0 saturated heterocycles. The number of aryl methyl sites for hydroxylation is 2. The van der Waals surface area contributed by atoms with E-state index < -0.39 is 0 Å². The molecule has 0 bridgehead atoms. The predicted molar refractivity (Wildman–Crippen MR) is 206 cm³/mol. The molecule has 2 nitrogen and oxygen atoms in total. The van der Waals surface area contributed by atoms with E-state index in [4.69, 9.17) is 9.47 Å². The average Bonchev–Trinajstić information content (AvgIpc) is 3.07. The number of allylic oxidation sites excluding steroid dienone is 2. The number of hydrogen-bond acceptors (Lipinski definition) is 2. The second-order valence-electron chi connectivity index (χ2n) is 14.1. The molecule has 1 aromatic rings. The van der Waals surface area contributed by atoms with Crippen LogP contribution in [0.2, 0.25) is 0 Å². The predicted octanol–water partition coefficient (Wildman–Crippen LogP) is 14.6. The Morgan fingerprint density at radius 2 is 0.848 bits per heavy atom. The van der Waals surface area contributed by atoms with E-state index in [0.717, 1.165) is 50.4 Å². The topological polar surface area (TPSA) is 18.5 Å². The Balaban J connectivity index is 3.01. The standard InChI is InChI=1S/C44H78O2/c1-7-13-17-19-21-23-25-27-29-33-41-35-44(46-38-40(12-6)32-16-10-4)42(34-30-28-26-24-22-20-18-14-8-2)36-43(41)45-37-39(11-5)31-15-9-3/h7-8,35-36,39-40H,1-2,9-34,37-38H2,3-6H3. The number of rotatable bonds is 34. The minimum Gasteiger partial charge on any atom is -0.493 e. The van der Waals surface area contributed by atoms with Gasteiger partial charge in [-0.15, -0.1) is 13.2 Å². The van der Waals surface area contributed by atoms with Crippen molar-refractivity contribution in [2.75, 3.05) is 13.2 Å². The Morgan fingerprint density at radius 1 is 0.500 bits per heavy atom. The van der Waals surface area contributed by atoms with Gasteiger partial charge < -0.3 is 9.47 Å². The molecule has 1 aromatic carbocycles. The molecule has 0 aliphatic carbocycles. The van der Waals surface area contributed by atoms with Gasteiger partial charge in [-0.05, 0) is 99.3 Å². The van der Waals surface area contributed by atoms with Gasteiger partial charge in [0.25, 0.3) is 0 Å². The van der Waals surface area contributed by atoms with Crippen molar-refractivity contribution in [1.29, 1.82) is 0 Å². The maximum atomic E-state index is 6.74. The lowest BCUT2D eigenvalue weighted by atomic mass is 9.97. The van der Waals surface area contributed by atoms with Gasteiger partial charge in [0.1, 0.15) is 11.5 Å². The summed E-state index contributed by atoms with van der Waals surface area (Å²) in [5, 5.41) is 0. The molecule has 2 unspecified atom stereocenters. The fourth-order valence-corrected chi connectivity index (χ4v) is 6.49. The molecule has 0 aliphatic rings. The van der Waals surface area contributed by atoms with Gasteiger partial charge in [0.2, 0.25) is 0 Å². The van der Waals surface area contributed by atoms with E-state index in [9.17, 15) is 0 Å². The minimum atomic E-state index is 0.642. The van der Waals surface area contributed by atoms with Gasteiger partial charge in [0.15, 0.2) is 0 Å². The third kappa shape index (κ3) is 21.2. The lowest BCUT2D eigenvalue weighted by molar-refractivity contribution is 0.224. The quantitative estimate of drug-likeness (QED) is 0.0552. The first-order valence-electron chi connectivity index (χ1n) is 20.3. The zero-order chi connectivity index (χ0) is 33.5. The lowest BCUT2D eigenvalue weighted by Gasteiger charge is -2.22. The van der Waals surface area contributed by atoms with Crippen LogP contribution in [-0.2, 0) is 12.8 Å². The van der Waals surface area contributed by atoms with Gasteiger partial charge in [0.05, 0.1) is 13.2 Å². The SMILES string of the molecule is C=CCCCCCCCCCc1cc(OCC(CC)CCCC)c(CCCCCCCCCC=C)cc1OCC(CC)CCCC. The average molecular weight is 639 g/mol. The molecule has 266 valence electrons. The normalized spacial score (nSPS) is 12.6. The fourth-order valence-electron chi connectivity index (χ4n) is 6.49. The van der Waals surface area contributed by atoms with Crippen molar-refractivity contribution in [2.45, 2.75) is 195 Å². The Morgan fingerprint density at radius 3 is 1.17 bits per heavy atom. The molecule has 0 fully saturated rings. The fraction of sp³-hybridized carbons (Fsp3) is 0.773. The molecule has 1 rings (SSSR count). The first-order chi connectivity index (χ1) is 22.6. The van der Waals surface area contributed by atoms with Crippen molar-refractivity contribution in [3.05, 3.63) is 48.6 Å². The van der Waals surface area contributed by atoms with Crippen molar-refractivity contribution < 1.29 is 9.47 Å². The van der Waals surface area contributed by atoms with E-state index in [1.165, 1.54) is 152 Å². The summed E-state index contributed by atoms with van der Waals surface area (Å²) < 4.78 is 13.5. The van der Waals surface area contributed by atoms with Crippen LogP contribution >= 0.6 is 0 Å². The Bertz CT molecular complexity index is 773. The first kappa shape index (κ1) is 42.3. The second kappa shape index (κ2) is 30.6. The molecular formula is C44H78O2. The van der Waals surface area contributed by atoms with Gasteiger partial charge >= 0.3 is 0 Å². The molecule has 0 heterocycles. The van der Waals surface area contributed by atoms with Crippen LogP contribution in [0.4, 0.5) is 0 Å². The molecule has 0 amide bonds. The number of benzene rings is 1. The molecule has 2 heteroatoms. The van der Waals surface area contributed by atoms with Crippen LogP contribution in [0.15, 0.2) is 37.4 Å². The van der Waals surface area contributed by atoms with E-state index >= 15 is 0 Å². The summed E-state index contributed by atoms with van der Waals surface area (Å²) in [6.07, 6.45) is 37.1. The summed E-state index contributed by atoms with van der Waals surface area (Å²) >= 11 is 0. The number of unbranched alkanes of at least 4 members (excludes halogenated alkanes) is 16. The highest BCUT2D eigenvalue weighted by atomic mass is 16.5. The van der Waals surface area contributed by atoms with Gasteiger partial charge in [0, 0.05) is 0 Å². The van der Waals surface area contributed by atoms with Crippen molar-refractivity contribution in [2.24, 2.45) is 11.8 Å². The zero-order valence-corrected chi connectivity index (χ0v) is 31.5. The third-order valence-corrected chi connectivity index (χ3v) is 9.99. The summed E-state index contributed by atoms with van der Waals surface area (Å²) in [5.41, 5.74) is 2.74. The van der Waals surface area contributed by atoms with Crippen molar-refractivity contribution in [3.8, 4) is 11.5 Å². The summed E-state index contributed by atoms with van der Waals surface area (Å²) in [7, 11) is 0. The smallest absolute Gasteiger partial charge is 0.123 e. The van der Waals surface area contributed by atoms with E-state index in [-0.39, 0.29) is 0 Å². The summed E-state index contributed by atoms with van der Waals surface area (Å²) in [6, 6.07) is 4.80. The van der Waals surface area contributed by atoms with E-state index in [1.807, 2.05) is 0 Å². The minimum absolute atomic E-state index is 0.642. The van der Waals surface area contributed by atoms with Crippen LogP contribution in [0.5, 0.6) is 11.5 Å². The largest absolute Gasteiger partial charge is 0.493 e. The van der Waals surface area contributed by atoms with Crippen LogP contribution < -0.4 is 9.47 Å². The summed E-state index contributed by atoms with van der Waals surface area (Å²) in [5.74, 6) is 3.57. The molecule has 0 spiro atoms. The summed E-state index contributed by atoms with van der Waals surface area (Å²) in [4.78, 5) is 0. The third-order valence-electron chi connectivity index (χ3n) is 9.99. The molecule has 0 N–H and O–H groups in total. The molecule has 0 radical (unpaired) electrons. The number of hydrogen-bond donors (Lipinski definition) is 0. The van der Waals surface area contributed by atoms with Crippen LogP contribution in [0.25, 0.3) is 0 Å². The molecular weight excluding hydrogens is 560 g/mol. The maximum absolute atomic E-state index is 6.74. The van der Waals surface area contributed by atoms with Crippen molar-refractivity contribution in [3.63, 3.8) is 0 Å². The van der Waals surface area contributed by atoms with Gasteiger partial charge in [-0.1, -0.05) is 143 Å². The highest BCUT2D eigenvalue weighted by molar-refractivity contribution is 5.47. The van der Waals surface area contributed by atoms with Crippen molar-refractivity contribution in [1.82, 2.24) is 0 Å². The molecule has 0 aromatic heterocycles. The Hall–Kier alpha value is -1.70. The van der Waals surface area contributed by atoms with Gasteiger partial charge in [-0.25, -0.2) is 0 Å². The zero-order valence-electron chi connectivity index (χ0n) is 31.5. The van der Waals surface area contributed by atoms with Gasteiger partial charge in [-0.3, -0.25) is 0 Å². The highest BCUT2D eigenvalue weighted by Gasteiger charge is 2.16. The first-order valence-corrected chi connectivity index (χ1v) is 20.3. The lowest BCUT2D eigenvalue weighted by Crippen LogP contribution is -2.14. The highest BCUT2D eigenvalue weighted by Crippen LogP contribution is 2.33. The maximum Gasteiger partial charge on any atom is 0.123 e. The Labute approximate surface area is 288 Å². The molecule has 0 saturated carbocycles. The number of ether oxygens (including phenoxy) is 2. The van der Waals surface area contributed by atoms with E-state index in [1.54, 1.807) is 0 Å². The second-order valence-corrected chi connectivity index (χ2v) is 14.1. The van der Waals surface area contributed by atoms with Crippen molar-refractivity contribution >= 4 is 0 Å². The van der Waals surface area contributed by atoms with Gasteiger partial charge in [-0.2, -0.15) is 0 Å². The van der Waals surface area contributed by atoms with Crippen LogP contribution in [0.3, 0.4) is 0 Å². The summed E-state index contributed by atoms with van der Waals surface area (Å²) in [6.45, 7) is 18.6. The molecule has 0 aliphatic heterocycles. The molecule has 2 atom stereocenters. The van der Waals surface area contributed by atoms with Crippen LogP contribution in [-0.4, -0.2) is 13.2 Å².